The predicted molar refractivity (Wildman–Crippen MR) is 96.7 cm³/mol. The molecule has 1 N–H and O–H groups in total. The Hall–Kier alpha value is -2.70. The third-order valence-electron chi connectivity index (χ3n) is 4.11. The highest BCUT2D eigenvalue weighted by molar-refractivity contribution is 5.93. The molecule has 0 unspecified atom stereocenters. The number of benzene rings is 1. The van der Waals surface area contributed by atoms with Crippen LogP contribution in [-0.2, 0) is 17.8 Å². The van der Waals surface area contributed by atoms with Crippen molar-refractivity contribution in [3.8, 4) is 0 Å². The van der Waals surface area contributed by atoms with Gasteiger partial charge < -0.3 is 5.32 Å². The lowest BCUT2D eigenvalue weighted by Crippen LogP contribution is -2.16. The quantitative estimate of drug-likeness (QED) is 0.641. The second kappa shape index (κ2) is 7.46. The monoisotopic (exact) mass is 344 g/mol. The molecule has 7 heteroatoms. The fourth-order valence-corrected chi connectivity index (χ4v) is 2.73. The van der Waals surface area contributed by atoms with Gasteiger partial charge in [-0.3, -0.25) is 19.6 Å². The number of hydrogen-bond donors (Lipinski definition) is 1. The highest BCUT2D eigenvalue weighted by Gasteiger charge is 2.17. The van der Waals surface area contributed by atoms with Gasteiger partial charge in [-0.15, -0.1) is 0 Å². The van der Waals surface area contributed by atoms with Crippen LogP contribution >= 0.6 is 0 Å². The first-order chi connectivity index (χ1) is 11.7. The van der Waals surface area contributed by atoms with Crippen LogP contribution in [-0.4, -0.2) is 20.6 Å². The number of hydrogen-bond acceptors (Lipinski definition) is 4. The van der Waals surface area contributed by atoms with E-state index in [1.165, 1.54) is 12.1 Å². The molecule has 1 heterocycles. The van der Waals surface area contributed by atoms with Gasteiger partial charge in [0.25, 0.3) is 5.69 Å². The van der Waals surface area contributed by atoms with E-state index in [0.717, 1.165) is 29.1 Å². The van der Waals surface area contributed by atoms with Crippen molar-refractivity contribution in [1.29, 1.82) is 0 Å². The smallest absolute Gasteiger partial charge is 0.271 e. The number of non-ortho nitro benzene ring substituents is 1. The second-order valence-corrected chi connectivity index (χ2v) is 6.71. The van der Waals surface area contributed by atoms with Crippen LogP contribution in [0.3, 0.4) is 0 Å². The first-order valence-corrected chi connectivity index (χ1v) is 8.26. The minimum Gasteiger partial charge on any atom is -0.325 e. The minimum absolute atomic E-state index is 0.0435. The van der Waals surface area contributed by atoms with E-state index in [4.69, 9.17) is 0 Å². The van der Waals surface area contributed by atoms with E-state index in [1.54, 1.807) is 13.0 Å². The molecule has 1 aromatic heterocycles. The summed E-state index contributed by atoms with van der Waals surface area (Å²) in [6.07, 6.45) is 0.192. The molecule has 2 rings (SSSR count). The van der Waals surface area contributed by atoms with Crippen LogP contribution in [0.2, 0.25) is 0 Å². The summed E-state index contributed by atoms with van der Waals surface area (Å²) in [5, 5.41) is 18.2. The molecule has 0 aliphatic rings. The lowest BCUT2D eigenvalue weighted by molar-refractivity contribution is -0.384. The van der Waals surface area contributed by atoms with E-state index in [-0.39, 0.29) is 18.0 Å². The van der Waals surface area contributed by atoms with E-state index in [9.17, 15) is 14.9 Å². The SMILES string of the molecule is Cc1ccc([N+](=O)[O-])cc1NC(=O)Cc1c(C)nn(CC(C)C)c1C. The Kier molecular flexibility index (Phi) is 5.56. The fraction of sp³-hybridized carbons (Fsp3) is 0.444. The van der Waals surface area contributed by atoms with Gasteiger partial charge in [0, 0.05) is 29.9 Å². The van der Waals surface area contributed by atoms with Crippen LogP contribution in [0.15, 0.2) is 18.2 Å². The first-order valence-electron chi connectivity index (χ1n) is 8.26. The van der Waals surface area contributed by atoms with Gasteiger partial charge in [0.1, 0.15) is 0 Å². The lowest BCUT2D eigenvalue weighted by Gasteiger charge is -2.10. The topological polar surface area (TPSA) is 90.1 Å². The average molecular weight is 344 g/mol. The Morgan fingerprint density at radius 2 is 2.00 bits per heavy atom. The number of carbonyl (C=O) groups excluding carboxylic acids is 1. The second-order valence-electron chi connectivity index (χ2n) is 6.71. The molecule has 7 nitrogen and oxygen atoms in total. The normalized spacial score (nSPS) is 11.0. The summed E-state index contributed by atoms with van der Waals surface area (Å²) in [7, 11) is 0. The fourth-order valence-electron chi connectivity index (χ4n) is 2.73. The summed E-state index contributed by atoms with van der Waals surface area (Å²) in [5.74, 6) is 0.256. The van der Waals surface area contributed by atoms with Crippen molar-refractivity contribution >= 4 is 17.3 Å². The molecule has 134 valence electrons. The lowest BCUT2D eigenvalue weighted by atomic mass is 10.1. The van der Waals surface area contributed by atoms with Gasteiger partial charge in [-0.1, -0.05) is 19.9 Å². The Bertz CT molecular complexity index is 809. The summed E-state index contributed by atoms with van der Waals surface area (Å²) in [4.78, 5) is 22.9. The van der Waals surface area contributed by atoms with Crippen molar-refractivity contribution in [3.63, 3.8) is 0 Å². The molecule has 0 fully saturated rings. The van der Waals surface area contributed by atoms with Crippen molar-refractivity contribution in [2.24, 2.45) is 5.92 Å². The third kappa shape index (κ3) is 4.43. The summed E-state index contributed by atoms with van der Waals surface area (Å²) in [6.45, 7) is 10.7. The van der Waals surface area contributed by atoms with E-state index < -0.39 is 4.92 Å². The molecule has 1 amide bonds. The first kappa shape index (κ1) is 18.6. The van der Waals surface area contributed by atoms with Crippen LogP contribution in [0.25, 0.3) is 0 Å². The van der Waals surface area contributed by atoms with Crippen LogP contribution in [0.5, 0.6) is 0 Å². The molecule has 0 atom stereocenters. The summed E-state index contributed by atoms with van der Waals surface area (Å²) < 4.78 is 1.93. The maximum absolute atomic E-state index is 12.4. The van der Waals surface area contributed by atoms with Gasteiger partial charge in [0.05, 0.1) is 22.7 Å². The van der Waals surface area contributed by atoms with E-state index in [2.05, 4.69) is 24.3 Å². The van der Waals surface area contributed by atoms with E-state index in [1.807, 2.05) is 18.5 Å². The van der Waals surface area contributed by atoms with E-state index >= 15 is 0 Å². The van der Waals surface area contributed by atoms with Crippen LogP contribution in [0.1, 0.15) is 36.4 Å². The van der Waals surface area contributed by atoms with Gasteiger partial charge in [0.2, 0.25) is 5.91 Å². The number of aryl methyl sites for hydroxylation is 2. The molecule has 25 heavy (non-hydrogen) atoms. The van der Waals surface area contributed by atoms with Gasteiger partial charge in [-0.25, -0.2) is 0 Å². The Labute approximate surface area is 147 Å². The molecule has 0 radical (unpaired) electrons. The van der Waals surface area contributed by atoms with Crippen molar-refractivity contribution in [2.45, 2.75) is 47.6 Å². The van der Waals surface area contributed by atoms with Crippen molar-refractivity contribution in [1.82, 2.24) is 9.78 Å². The molecule has 0 saturated heterocycles. The van der Waals surface area contributed by atoms with Crippen LogP contribution in [0, 0.1) is 36.8 Å². The zero-order chi connectivity index (χ0) is 18.7. The summed E-state index contributed by atoms with van der Waals surface area (Å²) in [5.41, 5.74) is 3.92. The maximum Gasteiger partial charge on any atom is 0.271 e. The summed E-state index contributed by atoms with van der Waals surface area (Å²) in [6, 6.07) is 4.44. The molecule has 0 aliphatic carbocycles. The molecular formula is C18H24N4O3. The zero-order valence-electron chi connectivity index (χ0n) is 15.3. The molecular weight excluding hydrogens is 320 g/mol. The molecule has 0 aliphatic heterocycles. The van der Waals surface area contributed by atoms with Gasteiger partial charge >= 0.3 is 0 Å². The summed E-state index contributed by atoms with van der Waals surface area (Å²) >= 11 is 0. The Morgan fingerprint density at radius 3 is 2.60 bits per heavy atom. The zero-order valence-corrected chi connectivity index (χ0v) is 15.3. The molecule has 1 aromatic carbocycles. The number of aromatic nitrogens is 2. The highest BCUT2D eigenvalue weighted by atomic mass is 16.6. The molecule has 0 spiro atoms. The number of amides is 1. The Morgan fingerprint density at radius 1 is 1.32 bits per heavy atom. The third-order valence-corrected chi connectivity index (χ3v) is 4.11. The van der Waals surface area contributed by atoms with Crippen LogP contribution in [0.4, 0.5) is 11.4 Å². The molecule has 0 bridgehead atoms. The van der Waals surface area contributed by atoms with Gasteiger partial charge in [-0.2, -0.15) is 5.10 Å². The number of nitrogens with zero attached hydrogens (tertiary/aromatic N) is 3. The van der Waals surface area contributed by atoms with E-state index in [0.29, 0.717) is 11.6 Å². The molecule has 0 saturated carbocycles. The Balaban J connectivity index is 2.17. The number of nitro benzene ring substituents is 1. The largest absolute Gasteiger partial charge is 0.325 e. The number of rotatable bonds is 6. The minimum atomic E-state index is -0.473. The standard InChI is InChI=1S/C18H24N4O3/c1-11(2)10-21-14(5)16(13(4)20-21)9-18(23)19-17-8-15(22(24)25)7-6-12(17)3/h6-8,11H,9-10H2,1-5H3,(H,19,23). The van der Waals surface area contributed by atoms with Crippen molar-refractivity contribution < 1.29 is 9.72 Å². The number of anilines is 1. The average Bonchev–Trinajstić information content (AvgIpc) is 2.76. The van der Waals surface area contributed by atoms with Gasteiger partial charge in [-0.05, 0) is 32.3 Å². The predicted octanol–water partition coefficient (Wildman–Crippen LogP) is 3.55. The number of nitrogens with one attached hydrogen (secondary N) is 1. The van der Waals surface area contributed by atoms with Crippen molar-refractivity contribution in [2.75, 3.05) is 5.32 Å². The van der Waals surface area contributed by atoms with Crippen molar-refractivity contribution in [3.05, 3.63) is 50.8 Å². The van der Waals surface area contributed by atoms with Gasteiger partial charge in [0.15, 0.2) is 0 Å². The maximum atomic E-state index is 12.4. The number of nitro groups is 1. The van der Waals surface area contributed by atoms with Crippen LogP contribution < -0.4 is 5.32 Å². The number of carbonyl (C=O) groups is 1. The molecule has 2 aromatic rings. The highest BCUT2D eigenvalue weighted by Crippen LogP contribution is 2.22.